The van der Waals surface area contributed by atoms with Crippen molar-refractivity contribution in [1.29, 1.82) is 0 Å². The molecule has 2 unspecified atom stereocenters. The van der Waals surface area contributed by atoms with E-state index in [1.165, 1.54) is 0 Å². The summed E-state index contributed by atoms with van der Waals surface area (Å²) < 4.78 is 5.48. The van der Waals surface area contributed by atoms with Gasteiger partial charge in [0.15, 0.2) is 0 Å². The molecule has 2 amide bonds. The maximum atomic E-state index is 12.6. The Hall–Kier alpha value is -4.38. The molecule has 1 saturated heterocycles. The van der Waals surface area contributed by atoms with Gasteiger partial charge >= 0.3 is 18.0 Å². The van der Waals surface area contributed by atoms with Crippen molar-refractivity contribution in [1.82, 2.24) is 10.2 Å². The standard InChI is InChI=1S/C29H35N5O6/c1-18-24(27(35)36)26(25(28(37)38)19(2)31-18)20-7-6-8-21(17-20)32-29(39)30-11-12-33-13-15-34(16-14-33)22-9-4-5-10-23(22)40-3/h4-10,17,24,26H,11-16H2,1-3H3,(H,35,36)(H,37,38)(H2,30,32,39). The number of urea groups is 1. The number of piperazine rings is 1. The number of aliphatic carboxylic acids is 2. The minimum Gasteiger partial charge on any atom is -0.495 e. The van der Waals surface area contributed by atoms with E-state index in [4.69, 9.17) is 4.74 Å². The maximum Gasteiger partial charge on any atom is 0.334 e. The molecule has 40 heavy (non-hydrogen) atoms. The lowest BCUT2D eigenvalue weighted by molar-refractivity contribution is -0.140. The first kappa shape index (κ1) is 28.6. The van der Waals surface area contributed by atoms with Gasteiger partial charge in [0.2, 0.25) is 0 Å². The van der Waals surface area contributed by atoms with E-state index in [1.807, 2.05) is 18.2 Å². The molecule has 2 aromatic rings. The number of allylic oxidation sites excluding steroid dienone is 1. The molecule has 212 valence electrons. The third-order valence-corrected chi connectivity index (χ3v) is 7.34. The van der Waals surface area contributed by atoms with E-state index >= 15 is 0 Å². The number of carbonyl (C=O) groups is 3. The van der Waals surface area contributed by atoms with Gasteiger partial charge in [0, 0.05) is 62.3 Å². The third kappa shape index (κ3) is 6.42. The molecule has 2 aliphatic heterocycles. The fourth-order valence-electron chi connectivity index (χ4n) is 5.41. The Morgan fingerprint density at radius 2 is 1.75 bits per heavy atom. The topological polar surface area (TPSA) is 144 Å². The van der Waals surface area contributed by atoms with Crippen LogP contribution in [0.5, 0.6) is 5.75 Å². The highest BCUT2D eigenvalue weighted by molar-refractivity contribution is 6.06. The molecule has 0 saturated carbocycles. The molecule has 4 N–H and O–H groups in total. The van der Waals surface area contributed by atoms with Crippen LogP contribution in [0.15, 0.2) is 64.8 Å². The minimum absolute atomic E-state index is 0.0644. The molecule has 2 atom stereocenters. The van der Waals surface area contributed by atoms with Gasteiger partial charge in [-0.15, -0.1) is 0 Å². The Morgan fingerprint density at radius 3 is 2.42 bits per heavy atom. The number of rotatable bonds is 9. The van der Waals surface area contributed by atoms with E-state index in [9.17, 15) is 24.6 Å². The molecule has 0 aliphatic carbocycles. The summed E-state index contributed by atoms with van der Waals surface area (Å²) in [6, 6.07) is 14.2. The number of carbonyl (C=O) groups excluding carboxylic acids is 1. The van der Waals surface area contributed by atoms with Gasteiger partial charge in [0.05, 0.1) is 18.4 Å². The second-order valence-corrected chi connectivity index (χ2v) is 9.86. The number of methoxy groups -OCH3 is 1. The van der Waals surface area contributed by atoms with Crippen LogP contribution in [-0.2, 0) is 9.59 Å². The van der Waals surface area contributed by atoms with Gasteiger partial charge in [0.25, 0.3) is 0 Å². The number of nitrogens with zero attached hydrogens (tertiary/aromatic N) is 3. The summed E-state index contributed by atoms with van der Waals surface area (Å²) in [6.07, 6.45) is 0. The Bertz CT molecular complexity index is 1330. The van der Waals surface area contributed by atoms with E-state index < -0.39 is 29.8 Å². The van der Waals surface area contributed by atoms with E-state index in [0.717, 1.165) is 37.6 Å². The fourth-order valence-corrected chi connectivity index (χ4v) is 5.41. The molecule has 0 bridgehead atoms. The van der Waals surface area contributed by atoms with Crippen LogP contribution >= 0.6 is 0 Å². The number of amides is 2. The average Bonchev–Trinajstić information content (AvgIpc) is 2.92. The molecule has 11 nitrogen and oxygen atoms in total. The molecule has 2 heterocycles. The van der Waals surface area contributed by atoms with Gasteiger partial charge in [-0.25, -0.2) is 9.59 Å². The summed E-state index contributed by atoms with van der Waals surface area (Å²) in [5.74, 6) is -3.58. The molecule has 4 rings (SSSR count). The van der Waals surface area contributed by atoms with Crippen molar-refractivity contribution in [3.05, 3.63) is 65.4 Å². The van der Waals surface area contributed by atoms with Crippen LogP contribution < -0.4 is 20.3 Å². The van der Waals surface area contributed by atoms with Gasteiger partial charge in [0.1, 0.15) is 11.7 Å². The van der Waals surface area contributed by atoms with Crippen molar-refractivity contribution in [2.45, 2.75) is 19.8 Å². The van der Waals surface area contributed by atoms with E-state index in [1.54, 1.807) is 45.2 Å². The number of carboxylic acid groups (broad SMARTS) is 2. The first-order valence-corrected chi connectivity index (χ1v) is 13.2. The second kappa shape index (κ2) is 12.6. The average molecular weight is 550 g/mol. The minimum atomic E-state index is -1.22. The van der Waals surface area contributed by atoms with Gasteiger partial charge in [-0.1, -0.05) is 24.3 Å². The van der Waals surface area contributed by atoms with Crippen molar-refractivity contribution in [2.24, 2.45) is 10.9 Å². The largest absolute Gasteiger partial charge is 0.495 e. The van der Waals surface area contributed by atoms with Crippen LogP contribution in [0.25, 0.3) is 0 Å². The highest BCUT2D eigenvalue weighted by atomic mass is 16.5. The summed E-state index contributed by atoms with van der Waals surface area (Å²) in [4.78, 5) is 45.5. The number of para-hydroxylation sites is 2. The van der Waals surface area contributed by atoms with Crippen LogP contribution in [0.4, 0.5) is 16.2 Å². The number of hydrogen-bond donors (Lipinski definition) is 4. The quantitative estimate of drug-likeness (QED) is 0.373. The third-order valence-electron chi connectivity index (χ3n) is 7.34. The number of anilines is 2. The lowest BCUT2D eigenvalue weighted by Gasteiger charge is -2.36. The summed E-state index contributed by atoms with van der Waals surface area (Å²) in [5.41, 5.74) is 2.53. The van der Waals surface area contributed by atoms with Crippen molar-refractivity contribution in [2.75, 3.05) is 56.6 Å². The zero-order chi connectivity index (χ0) is 28.8. The number of ether oxygens (including phenoxy) is 1. The number of aliphatic imine (C=N–C) groups is 1. The number of carboxylic acids is 2. The van der Waals surface area contributed by atoms with Crippen LogP contribution in [0.3, 0.4) is 0 Å². The maximum absolute atomic E-state index is 12.6. The van der Waals surface area contributed by atoms with Crippen molar-refractivity contribution >= 4 is 35.1 Å². The Kier molecular flexibility index (Phi) is 9.05. The number of benzene rings is 2. The first-order chi connectivity index (χ1) is 19.2. The molecule has 2 aliphatic rings. The van der Waals surface area contributed by atoms with Crippen molar-refractivity contribution < 1.29 is 29.3 Å². The molecule has 0 radical (unpaired) electrons. The molecule has 2 aromatic carbocycles. The van der Waals surface area contributed by atoms with Gasteiger partial charge in [-0.2, -0.15) is 0 Å². The smallest absolute Gasteiger partial charge is 0.334 e. The van der Waals surface area contributed by atoms with Crippen molar-refractivity contribution in [3.8, 4) is 5.75 Å². The molecular formula is C29H35N5O6. The van der Waals surface area contributed by atoms with Crippen molar-refractivity contribution in [3.63, 3.8) is 0 Å². The SMILES string of the molecule is COc1ccccc1N1CCN(CCNC(=O)Nc2cccc(C3C(C(=O)O)=C(C)N=C(C)C3C(=O)O)c2)CC1. The van der Waals surface area contributed by atoms with E-state index in [0.29, 0.717) is 30.1 Å². The molecular weight excluding hydrogens is 514 g/mol. The number of nitrogens with one attached hydrogen (secondary N) is 2. The zero-order valence-electron chi connectivity index (χ0n) is 22.9. The predicted molar refractivity (Wildman–Crippen MR) is 152 cm³/mol. The monoisotopic (exact) mass is 549 g/mol. The normalized spacial score (nSPS) is 19.6. The molecule has 0 aromatic heterocycles. The van der Waals surface area contributed by atoms with Gasteiger partial charge in [-0.05, 0) is 43.7 Å². The van der Waals surface area contributed by atoms with Crippen LogP contribution in [0.2, 0.25) is 0 Å². The van der Waals surface area contributed by atoms with Crippen LogP contribution in [0.1, 0.15) is 25.3 Å². The summed E-state index contributed by atoms with van der Waals surface area (Å²) in [6.45, 7) is 7.72. The van der Waals surface area contributed by atoms with Crippen LogP contribution in [0, 0.1) is 5.92 Å². The molecule has 0 spiro atoms. The highest BCUT2D eigenvalue weighted by Crippen LogP contribution is 2.39. The highest BCUT2D eigenvalue weighted by Gasteiger charge is 2.41. The van der Waals surface area contributed by atoms with E-state index in [2.05, 4.69) is 31.5 Å². The Balaban J connectivity index is 1.33. The summed E-state index contributed by atoms with van der Waals surface area (Å²) in [7, 11) is 1.67. The molecule has 11 heteroatoms. The fraction of sp³-hybridized carbons (Fsp3) is 0.379. The lowest BCUT2D eigenvalue weighted by Crippen LogP contribution is -2.48. The first-order valence-electron chi connectivity index (χ1n) is 13.2. The number of hydrogen-bond acceptors (Lipinski definition) is 7. The molecule has 1 fully saturated rings. The van der Waals surface area contributed by atoms with Gasteiger partial charge in [-0.3, -0.25) is 14.7 Å². The summed E-state index contributed by atoms with van der Waals surface area (Å²) in [5, 5.41) is 25.3. The lowest BCUT2D eigenvalue weighted by atomic mass is 9.75. The van der Waals surface area contributed by atoms with E-state index in [-0.39, 0.29) is 11.3 Å². The Morgan fingerprint density at radius 1 is 1.02 bits per heavy atom. The van der Waals surface area contributed by atoms with Crippen LogP contribution in [-0.4, -0.2) is 85.2 Å². The zero-order valence-corrected chi connectivity index (χ0v) is 22.9. The summed E-state index contributed by atoms with van der Waals surface area (Å²) >= 11 is 0. The predicted octanol–water partition coefficient (Wildman–Crippen LogP) is 3.26. The van der Waals surface area contributed by atoms with Gasteiger partial charge < -0.3 is 30.5 Å². The second-order valence-electron chi connectivity index (χ2n) is 9.86. The Labute approximate surface area is 233 Å².